The van der Waals surface area contributed by atoms with Gasteiger partial charge in [0.1, 0.15) is 11.4 Å². The lowest BCUT2D eigenvalue weighted by Crippen LogP contribution is -2.22. The van der Waals surface area contributed by atoms with Crippen molar-refractivity contribution in [3.05, 3.63) is 41.7 Å². The van der Waals surface area contributed by atoms with E-state index in [1.165, 1.54) is 10.9 Å². The van der Waals surface area contributed by atoms with Gasteiger partial charge in [0.05, 0.1) is 29.5 Å². The molecular weight excluding hydrogens is 336 g/mol. The van der Waals surface area contributed by atoms with Crippen LogP contribution >= 0.6 is 0 Å². The average molecular weight is 356 g/mol. The monoisotopic (exact) mass is 356 g/mol. The lowest BCUT2D eigenvalue weighted by Gasteiger charge is -2.09. The summed E-state index contributed by atoms with van der Waals surface area (Å²) in [5.41, 5.74) is 2.38. The Morgan fingerprint density at radius 1 is 1.00 bits per heavy atom. The van der Waals surface area contributed by atoms with Crippen molar-refractivity contribution < 1.29 is 9.59 Å². The predicted octanol–water partition coefficient (Wildman–Crippen LogP) is 1.18. The van der Waals surface area contributed by atoms with Gasteiger partial charge in [-0.3, -0.25) is 23.6 Å². The van der Waals surface area contributed by atoms with Gasteiger partial charge in [-0.15, -0.1) is 0 Å². The van der Waals surface area contributed by atoms with Crippen LogP contribution in [0.15, 0.2) is 24.7 Å². The third-order valence-electron chi connectivity index (χ3n) is 4.13. The van der Waals surface area contributed by atoms with Crippen molar-refractivity contribution in [2.75, 3.05) is 10.6 Å². The average Bonchev–Trinajstić information content (AvgIpc) is 3.30. The summed E-state index contributed by atoms with van der Waals surface area (Å²) >= 11 is 0. The number of aryl methyl sites for hydroxylation is 3. The van der Waals surface area contributed by atoms with E-state index >= 15 is 0 Å². The van der Waals surface area contributed by atoms with Gasteiger partial charge in [0.2, 0.25) is 0 Å². The summed E-state index contributed by atoms with van der Waals surface area (Å²) < 4.78 is 4.64. The Balaban J connectivity index is 1.83. The Morgan fingerprint density at radius 3 is 2.31 bits per heavy atom. The zero-order valence-corrected chi connectivity index (χ0v) is 15.0. The molecule has 10 nitrogen and oxygen atoms in total. The largest absolute Gasteiger partial charge is 0.318 e. The highest BCUT2D eigenvalue weighted by Crippen LogP contribution is 2.19. The molecule has 0 aromatic carbocycles. The highest BCUT2D eigenvalue weighted by molar-refractivity contribution is 6.11. The van der Waals surface area contributed by atoms with Crippen LogP contribution in [-0.2, 0) is 20.6 Å². The summed E-state index contributed by atoms with van der Waals surface area (Å²) in [5, 5.41) is 17.8. The van der Waals surface area contributed by atoms with Crippen molar-refractivity contribution in [3.8, 4) is 0 Å². The molecule has 0 radical (unpaired) electrons. The quantitative estimate of drug-likeness (QED) is 0.713. The first-order valence-electron chi connectivity index (χ1n) is 8.07. The van der Waals surface area contributed by atoms with Crippen molar-refractivity contribution in [1.82, 2.24) is 29.3 Å². The molecule has 0 saturated heterocycles. The van der Waals surface area contributed by atoms with Gasteiger partial charge >= 0.3 is 0 Å². The van der Waals surface area contributed by atoms with Crippen LogP contribution in [0.5, 0.6) is 0 Å². The Morgan fingerprint density at radius 2 is 1.65 bits per heavy atom. The van der Waals surface area contributed by atoms with Gasteiger partial charge in [0.25, 0.3) is 11.8 Å². The van der Waals surface area contributed by atoms with Crippen LogP contribution < -0.4 is 10.6 Å². The van der Waals surface area contributed by atoms with E-state index in [-0.39, 0.29) is 17.5 Å². The van der Waals surface area contributed by atoms with Gasteiger partial charge in [-0.25, -0.2) is 0 Å². The van der Waals surface area contributed by atoms with Crippen LogP contribution in [0.1, 0.15) is 33.6 Å². The van der Waals surface area contributed by atoms with Crippen molar-refractivity contribution in [2.45, 2.75) is 20.4 Å². The predicted molar refractivity (Wildman–Crippen MR) is 95.0 cm³/mol. The summed E-state index contributed by atoms with van der Waals surface area (Å²) in [4.78, 5) is 25.2. The van der Waals surface area contributed by atoms with E-state index in [9.17, 15) is 9.59 Å². The van der Waals surface area contributed by atoms with E-state index in [1.54, 1.807) is 41.9 Å². The smallest absolute Gasteiger partial charge is 0.276 e. The second-order valence-corrected chi connectivity index (χ2v) is 5.74. The fourth-order valence-electron chi connectivity index (χ4n) is 2.57. The van der Waals surface area contributed by atoms with Gasteiger partial charge in [-0.05, 0) is 19.9 Å². The molecule has 2 N–H and O–H groups in total. The highest BCUT2D eigenvalue weighted by atomic mass is 16.2. The summed E-state index contributed by atoms with van der Waals surface area (Å²) in [6, 6.07) is 1.62. The molecule has 0 atom stereocenters. The lowest BCUT2D eigenvalue weighted by molar-refractivity contribution is 0.101. The van der Waals surface area contributed by atoms with E-state index in [2.05, 4.69) is 25.9 Å². The molecule has 0 bridgehead atoms. The van der Waals surface area contributed by atoms with E-state index in [0.717, 1.165) is 5.69 Å². The zero-order valence-electron chi connectivity index (χ0n) is 15.0. The SMILES string of the molecule is CCn1nccc1C(=O)Nc1cnn(C)c1C(=O)Nc1cnn(C)c1C. The molecule has 10 heteroatoms. The van der Waals surface area contributed by atoms with Crippen LogP contribution in [0.2, 0.25) is 0 Å². The third-order valence-corrected chi connectivity index (χ3v) is 4.13. The Labute approximate surface area is 149 Å². The molecule has 2 amide bonds. The van der Waals surface area contributed by atoms with Crippen molar-refractivity contribution >= 4 is 23.2 Å². The molecule has 0 aliphatic carbocycles. The Bertz CT molecular complexity index is 965. The molecule has 0 saturated carbocycles. The van der Waals surface area contributed by atoms with E-state index < -0.39 is 0 Å². The molecule has 3 heterocycles. The summed E-state index contributed by atoms with van der Waals surface area (Å²) in [7, 11) is 3.43. The molecule has 3 aromatic rings. The normalized spacial score (nSPS) is 10.8. The van der Waals surface area contributed by atoms with Crippen molar-refractivity contribution in [2.24, 2.45) is 14.1 Å². The van der Waals surface area contributed by atoms with Crippen LogP contribution in [-0.4, -0.2) is 41.2 Å². The zero-order chi connectivity index (χ0) is 18.8. The number of hydrogen-bond acceptors (Lipinski definition) is 5. The topological polar surface area (TPSA) is 112 Å². The molecule has 136 valence electrons. The second-order valence-electron chi connectivity index (χ2n) is 5.74. The van der Waals surface area contributed by atoms with E-state index in [0.29, 0.717) is 23.6 Å². The highest BCUT2D eigenvalue weighted by Gasteiger charge is 2.21. The maximum atomic E-state index is 12.7. The number of carbonyl (C=O) groups is 2. The second kappa shape index (κ2) is 6.82. The third kappa shape index (κ3) is 3.08. The Kier molecular flexibility index (Phi) is 4.57. The molecule has 3 rings (SSSR count). The first kappa shape index (κ1) is 17.4. The Hall–Kier alpha value is -3.43. The summed E-state index contributed by atoms with van der Waals surface area (Å²) in [6.07, 6.45) is 4.57. The van der Waals surface area contributed by atoms with E-state index in [1.807, 2.05) is 13.8 Å². The number of hydrogen-bond donors (Lipinski definition) is 2. The molecule has 0 aliphatic heterocycles. The minimum Gasteiger partial charge on any atom is -0.318 e. The molecule has 0 fully saturated rings. The fourth-order valence-corrected chi connectivity index (χ4v) is 2.57. The van der Waals surface area contributed by atoms with Crippen molar-refractivity contribution in [1.29, 1.82) is 0 Å². The maximum absolute atomic E-state index is 12.7. The summed E-state index contributed by atoms with van der Waals surface area (Å²) in [5.74, 6) is -0.746. The first-order chi connectivity index (χ1) is 12.4. The van der Waals surface area contributed by atoms with Crippen LogP contribution in [0.3, 0.4) is 0 Å². The van der Waals surface area contributed by atoms with Gasteiger partial charge < -0.3 is 10.6 Å². The van der Waals surface area contributed by atoms with Crippen LogP contribution in [0.25, 0.3) is 0 Å². The van der Waals surface area contributed by atoms with E-state index in [4.69, 9.17) is 0 Å². The summed E-state index contributed by atoms with van der Waals surface area (Å²) in [6.45, 7) is 4.31. The first-order valence-corrected chi connectivity index (χ1v) is 8.07. The van der Waals surface area contributed by atoms with Gasteiger partial charge in [0, 0.05) is 26.8 Å². The number of amides is 2. The van der Waals surface area contributed by atoms with Crippen molar-refractivity contribution in [3.63, 3.8) is 0 Å². The molecule has 0 unspecified atom stereocenters. The maximum Gasteiger partial charge on any atom is 0.276 e. The number of rotatable bonds is 5. The van der Waals surface area contributed by atoms with Gasteiger partial charge in [-0.1, -0.05) is 0 Å². The lowest BCUT2D eigenvalue weighted by atomic mass is 10.3. The molecule has 3 aromatic heterocycles. The van der Waals surface area contributed by atoms with Gasteiger partial charge in [-0.2, -0.15) is 15.3 Å². The fraction of sp³-hybridized carbons (Fsp3) is 0.312. The standard InChI is InChI=1S/C16H20N8O2/c1-5-24-13(6-7-17-24)15(25)21-12-9-19-23(4)14(12)16(26)20-11-8-18-22(3)10(11)2/h6-9H,5H2,1-4H3,(H,20,26)(H,21,25). The minimum absolute atomic E-state index is 0.240. The molecule has 0 aliphatic rings. The molecule has 26 heavy (non-hydrogen) atoms. The number of carbonyl (C=O) groups excluding carboxylic acids is 2. The molecular formula is C16H20N8O2. The van der Waals surface area contributed by atoms with Crippen LogP contribution in [0.4, 0.5) is 11.4 Å². The number of anilines is 2. The van der Waals surface area contributed by atoms with Crippen LogP contribution in [0, 0.1) is 6.92 Å². The number of nitrogens with zero attached hydrogens (tertiary/aromatic N) is 6. The molecule has 0 spiro atoms. The minimum atomic E-state index is -0.389. The van der Waals surface area contributed by atoms with Gasteiger partial charge in [0.15, 0.2) is 0 Å². The number of nitrogens with one attached hydrogen (secondary N) is 2. The number of aromatic nitrogens is 6.